The molecule has 0 aromatic heterocycles. The molecule has 1 atom stereocenters. The fourth-order valence-electron chi connectivity index (χ4n) is 2.33. The highest BCUT2D eigenvalue weighted by molar-refractivity contribution is 5.34. The van der Waals surface area contributed by atoms with Crippen molar-refractivity contribution in [3.8, 4) is 5.75 Å². The van der Waals surface area contributed by atoms with Gasteiger partial charge in [-0.15, -0.1) is 0 Å². The molecule has 1 heterocycles. The minimum absolute atomic E-state index is 0.277. The van der Waals surface area contributed by atoms with Gasteiger partial charge in [0.2, 0.25) is 0 Å². The van der Waals surface area contributed by atoms with Crippen LogP contribution in [0.15, 0.2) is 18.2 Å². The van der Waals surface area contributed by atoms with E-state index in [1.165, 1.54) is 6.07 Å². The molecule has 0 spiro atoms. The lowest BCUT2D eigenvalue weighted by atomic mass is 10.1. The fraction of sp³-hybridized carbons (Fsp3) is 0.625. The second kappa shape index (κ2) is 7.60. The van der Waals surface area contributed by atoms with Crippen LogP contribution in [0.4, 0.5) is 4.39 Å². The van der Waals surface area contributed by atoms with Gasteiger partial charge in [-0.1, -0.05) is 26.0 Å². The summed E-state index contributed by atoms with van der Waals surface area (Å²) in [5.41, 5.74) is 0.867. The van der Waals surface area contributed by atoms with Crippen LogP contribution >= 0.6 is 0 Å². The van der Waals surface area contributed by atoms with Gasteiger partial charge in [0.15, 0.2) is 11.6 Å². The minimum Gasteiger partial charge on any atom is -0.490 e. The van der Waals surface area contributed by atoms with Gasteiger partial charge in [-0.2, -0.15) is 0 Å². The topological polar surface area (TPSA) is 30.5 Å². The van der Waals surface area contributed by atoms with Gasteiger partial charge in [0.1, 0.15) is 0 Å². The molecule has 1 aromatic rings. The summed E-state index contributed by atoms with van der Waals surface area (Å²) in [6, 6.07) is 5.43. The average Bonchev–Trinajstić information content (AvgIpc) is 2.92. The highest BCUT2D eigenvalue weighted by Gasteiger charge is 2.16. The Morgan fingerprint density at radius 3 is 3.00 bits per heavy atom. The smallest absolute Gasteiger partial charge is 0.165 e. The number of nitrogens with one attached hydrogen (secondary N) is 1. The quantitative estimate of drug-likeness (QED) is 0.832. The van der Waals surface area contributed by atoms with E-state index in [2.05, 4.69) is 19.2 Å². The number of rotatable bonds is 7. The zero-order valence-corrected chi connectivity index (χ0v) is 12.3. The van der Waals surface area contributed by atoms with Crippen LogP contribution in [0, 0.1) is 5.82 Å². The van der Waals surface area contributed by atoms with Crippen LogP contribution in [0.25, 0.3) is 0 Å². The monoisotopic (exact) mass is 281 g/mol. The lowest BCUT2D eigenvalue weighted by Gasteiger charge is -2.15. The van der Waals surface area contributed by atoms with E-state index in [-0.39, 0.29) is 11.9 Å². The average molecular weight is 281 g/mol. The van der Waals surface area contributed by atoms with Gasteiger partial charge < -0.3 is 14.8 Å². The summed E-state index contributed by atoms with van der Waals surface area (Å²) in [7, 11) is 0. The van der Waals surface area contributed by atoms with Gasteiger partial charge in [0.05, 0.1) is 12.7 Å². The summed E-state index contributed by atoms with van der Waals surface area (Å²) >= 11 is 0. The zero-order valence-electron chi connectivity index (χ0n) is 12.3. The maximum atomic E-state index is 13.9. The van der Waals surface area contributed by atoms with Gasteiger partial charge in [0, 0.05) is 31.2 Å². The van der Waals surface area contributed by atoms with Crippen molar-refractivity contribution in [2.75, 3.05) is 13.2 Å². The number of ether oxygens (including phenoxy) is 2. The van der Waals surface area contributed by atoms with Gasteiger partial charge in [-0.05, 0) is 18.9 Å². The first-order valence-corrected chi connectivity index (χ1v) is 7.42. The van der Waals surface area contributed by atoms with Crippen LogP contribution < -0.4 is 10.1 Å². The molecule has 1 aliphatic heterocycles. The molecule has 1 fully saturated rings. The van der Waals surface area contributed by atoms with Crippen molar-refractivity contribution >= 4 is 0 Å². The first kappa shape index (κ1) is 15.3. The first-order chi connectivity index (χ1) is 9.66. The van der Waals surface area contributed by atoms with Crippen molar-refractivity contribution in [1.29, 1.82) is 0 Å². The Hall–Kier alpha value is -1.13. The van der Waals surface area contributed by atoms with Crippen LogP contribution in [0.3, 0.4) is 0 Å². The largest absolute Gasteiger partial charge is 0.490 e. The summed E-state index contributed by atoms with van der Waals surface area (Å²) in [5, 5.41) is 3.29. The van der Waals surface area contributed by atoms with E-state index in [1.807, 2.05) is 6.07 Å². The molecule has 0 saturated carbocycles. The Balaban J connectivity index is 1.90. The van der Waals surface area contributed by atoms with Crippen molar-refractivity contribution in [2.24, 2.45) is 0 Å². The summed E-state index contributed by atoms with van der Waals surface area (Å²) in [5.74, 6) is 0.0824. The predicted octanol–water partition coefficient (Wildman–Crippen LogP) is 3.27. The summed E-state index contributed by atoms with van der Waals surface area (Å²) in [6.07, 6.45) is 3.31. The molecular weight excluding hydrogens is 257 g/mol. The first-order valence-electron chi connectivity index (χ1n) is 7.42. The van der Waals surface area contributed by atoms with E-state index >= 15 is 0 Å². The third kappa shape index (κ3) is 4.46. The van der Waals surface area contributed by atoms with Crippen LogP contribution in [0.1, 0.15) is 38.7 Å². The van der Waals surface area contributed by atoms with Crippen molar-refractivity contribution in [1.82, 2.24) is 5.32 Å². The maximum Gasteiger partial charge on any atom is 0.165 e. The summed E-state index contributed by atoms with van der Waals surface area (Å²) in [4.78, 5) is 0. The van der Waals surface area contributed by atoms with E-state index in [0.717, 1.165) is 31.4 Å². The Labute approximate surface area is 120 Å². The Bertz CT molecular complexity index is 417. The molecule has 1 saturated heterocycles. The molecule has 2 rings (SSSR count). The van der Waals surface area contributed by atoms with E-state index in [0.29, 0.717) is 24.9 Å². The van der Waals surface area contributed by atoms with Crippen molar-refractivity contribution in [3.05, 3.63) is 29.6 Å². The van der Waals surface area contributed by atoms with Crippen LogP contribution in [-0.2, 0) is 11.3 Å². The molecular formula is C16H24FNO2. The lowest BCUT2D eigenvalue weighted by molar-refractivity contribution is 0.0895. The predicted molar refractivity (Wildman–Crippen MR) is 77.5 cm³/mol. The van der Waals surface area contributed by atoms with E-state index in [1.54, 1.807) is 6.07 Å². The van der Waals surface area contributed by atoms with Crippen molar-refractivity contribution in [2.45, 2.75) is 51.8 Å². The third-order valence-corrected chi connectivity index (χ3v) is 3.46. The number of benzene rings is 1. The second-order valence-corrected chi connectivity index (χ2v) is 5.54. The lowest BCUT2D eigenvalue weighted by Crippen LogP contribution is -2.22. The molecule has 4 heteroatoms. The summed E-state index contributed by atoms with van der Waals surface area (Å²) in [6.45, 7) is 6.09. The van der Waals surface area contributed by atoms with Gasteiger partial charge in [0.25, 0.3) is 0 Å². The van der Waals surface area contributed by atoms with Gasteiger partial charge >= 0.3 is 0 Å². The molecule has 0 aliphatic carbocycles. The van der Waals surface area contributed by atoms with Crippen molar-refractivity contribution < 1.29 is 13.9 Å². The molecule has 3 nitrogen and oxygen atoms in total. The summed E-state index contributed by atoms with van der Waals surface area (Å²) < 4.78 is 25.1. The van der Waals surface area contributed by atoms with Crippen LogP contribution in [0.5, 0.6) is 5.75 Å². The number of hydrogen-bond donors (Lipinski definition) is 1. The second-order valence-electron chi connectivity index (χ2n) is 5.54. The standard InChI is InChI=1S/C16H24FNO2/c1-12(2)18-11-13-5-3-7-15(17)16(13)20-10-8-14-6-4-9-19-14/h3,5,7,12,14,18H,4,6,8-11H2,1-2H3. The van der Waals surface area contributed by atoms with E-state index < -0.39 is 0 Å². The number of hydrogen-bond acceptors (Lipinski definition) is 3. The molecule has 1 N–H and O–H groups in total. The van der Waals surface area contributed by atoms with Crippen molar-refractivity contribution in [3.63, 3.8) is 0 Å². The van der Waals surface area contributed by atoms with Crippen LogP contribution in [-0.4, -0.2) is 25.4 Å². The number of halogens is 1. The van der Waals surface area contributed by atoms with E-state index in [9.17, 15) is 4.39 Å². The third-order valence-electron chi connectivity index (χ3n) is 3.46. The van der Waals surface area contributed by atoms with E-state index in [4.69, 9.17) is 9.47 Å². The Morgan fingerprint density at radius 1 is 1.45 bits per heavy atom. The molecule has 0 amide bonds. The molecule has 1 aromatic carbocycles. The Morgan fingerprint density at radius 2 is 2.30 bits per heavy atom. The highest BCUT2D eigenvalue weighted by atomic mass is 19.1. The fourth-order valence-corrected chi connectivity index (χ4v) is 2.33. The van der Waals surface area contributed by atoms with Gasteiger partial charge in [-0.3, -0.25) is 0 Å². The minimum atomic E-state index is -0.291. The normalized spacial score (nSPS) is 18.7. The highest BCUT2D eigenvalue weighted by Crippen LogP contribution is 2.24. The SMILES string of the molecule is CC(C)NCc1cccc(F)c1OCCC1CCCO1. The molecule has 1 unspecified atom stereocenters. The molecule has 0 bridgehead atoms. The van der Waals surface area contributed by atoms with Gasteiger partial charge in [-0.25, -0.2) is 4.39 Å². The maximum absolute atomic E-state index is 13.9. The molecule has 0 radical (unpaired) electrons. The molecule has 20 heavy (non-hydrogen) atoms. The molecule has 1 aliphatic rings. The number of para-hydroxylation sites is 1. The van der Waals surface area contributed by atoms with Crippen LogP contribution in [0.2, 0.25) is 0 Å². The molecule has 112 valence electrons. The Kier molecular flexibility index (Phi) is 5.80. The zero-order chi connectivity index (χ0) is 14.4.